The van der Waals surface area contributed by atoms with Gasteiger partial charge in [0.05, 0.1) is 0 Å². The van der Waals surface area contributed by atoms with E-state index < -0.39 is 21.3 Å². The number of carbonyl (C=O) groups is 1. The largest absolute Gasteiger partial charge is 0.355 e. The van der Waals surface area contributed by atoms with E-state index in [-0.39, 0.29) is 22.1 Å². The van der Waals surface area contributed by atoms with Crippen molar-refractivity contribution in [3.05, 3.63) is 59.9 Å². The molecule has 164 valence electrons. The summed E-state index contributed by atoms with van der Waals surface area (Å²) in [6.45, 7) is 6.81. The minimum absolute atomic E-state index is 0.0495. The molecule has 0 saturated heterocycles. The molecule has 1 aliphatic carbocycles. The monoisotopic (exact) mass is 443 g/mol. The van der Waals surface area contributed by atoms with E-state index >= 15 is 0 Å². The summed E-state index contributed by atoms with van der Waals surface area (Å²) in [4.78, 5) is 14.1. The van der Waals surface area contributed by atoms with Crippen LogP contribution in [-0.2, 0) is 14.8 Å². The lowest BCUT2D eigenvalue weighted by Gasteiger charge is -2.34. The van der Waals surface area contributed by atoms with Gasteiger partial charge in [-0.05, 0) is 43.2 Å². The molecule has 0 radical (unpaired) electrons. The second kappa shape index (κ2) is 7.44. The summed E-state index contributed by atoms with van der Waals surface area (Å²) in [5.41, 5.74) is 0.478. The molecule has 1 amide bonds. The first kappa shape index (κ1) is 21.5. The van der Waals surface area contributed by atoms with E-state index in [1.165, 1.54) is 12.1 Å². The third kappa shape index (κ3) is 4.35. The number of hydrogen-bond donors (Lipinski definition) is 1. The van der Waals surface area contributed by atoms with Crippen LogP contribution in [0.3, 0.4) is 0 Å². The van der Waals surface area contributed by atoms with Crippen LogP contribution in [0.1, 0.15) is 39.2 Å². The van der Waals surface area contributed by atoms with Crippen LogP contribution >= 0.6 is 0 Å². The molecule has 2 aliphatic rings. The van der Waals surface area contributed by atoms with E-state index in [1.807, 2.05) is 56.0 Å². The summed E-state index contributed by atoms with van der Waals surface area (Å²) in [5.74, 6) is -0.315. The molecule has 0 atom stereocenters. The second-order valence-electron chi connectivity index (χ2n) is 9.36. The first-order chi connectivity index (χ1) is 14.5. The Labute approximate surface area is 182 Å². The third-order valence-corrected chi connectivity index (χ3v) is 7.16. The number of fused-ring (bicyclic) bond motifs is 1. The topological polar surface area (TPSA) is 78.8 Å². The van der Waals surface area contributed by atoms with Crippen molar-refractivity contribution >= 4 is 27.5 Å². The van der Waals surface area contributed by atoms with Crippen LogP contribution in [0.5, 0.6) is 0 Å². The molecule has 2 aromatic rings. The summed E-state index contributed by atoms with van der Waals surface area (Å²) in [5, 5.41) is 3.04. The van der Waals surface area contributed by atoms with Gasteiger partial charge < -0.3 is 10.2 Å². The Morgan fingerprint density at radius 2 is 1.87 bits per heavy atom. The zero-order chi connectivity index (χ0) is 22.4. The van der Waals surface area contributed by atoms with Gasteiger partial charge in [-0.1, -0.05) is 39.0 Å². The minimum atomic E-state index is -3.99. The van der Waals surface area contributed by atoms with Crippen LogP contribution in [0.15, 0.2) is 57.8 Å². The van der Waals surface area contributed by atoms with Crippen LogP contribution in [0.4, 0.5) is 10.1 Å². The number of nitrogens with one attached hydrogen (secondary N) is 1. The lowest BCUT2D eigenvalue weighted by Crippen LogP contribution is -2.45. The molecule has 1 fully saturated rings. The number of hydrogen-bond acceptors (Lipinski definition) is 4. The molecular weight excluding hydrogens is 417 g/mol. The van der Waals surface area contributed by atoms with Crippen LogP contribution in [0, 0.1) is 16.6 Å². The third-order valence-electron chi connectivity index (χ3n) is 5.85. The van der Waals surface area contributed by atoms with Crippen molar-refractivity contribution in [2.75, 3.05) is 18.0 Å². The van der Waals surface area contributed by atoms with Crippen molar-refractivity contribution in [2.24, 2.45) is 15.2 Å². The second-order valence-corrected chi connectivity index (χ2v) is 10.9. The van der Waals surface area contributed by atoms with Crippen molar-refractivity contribution in [1.29, 1.82) is 0 Å². The Kier molecular flexibility index (Phi) is 5.16. The molecule has 0 spiro atoms. The molecular formula is C23H26FN3O3S. The Morgan fingerprint density at radius 3 is 2.52 bits per heavy atom. The highest BCUT2D eigenvalue weighted by molar-refractivity contribution is 7.90. The average Bonchev–Trinajstić information content (AvgIpc) is 3.42. The van der Waals surface area contributed by atoms with E-state index in [9.17, 15) is 17.6 Å². The molecule has 1 saturated carbocycles. The smallest absolute Gasteiger partial charge is 0.285 e. The van der Waals surface area contributed by atoms with E-state index in [0.717, 1.165) is 24.6 Å². The average molecular weight is 444 g/mol. The van der Waals surface area contributed by atoms with Gasteiger partial charge in [0.25, 0.3) is 10.0 Å². The van der Waals surface area contributed by atoms with Crippen LogP contribution < -0.4 is 10.2 Å². The molecule has 1 N–H and O–H groups in total. The summed E-state index contributed by atoms with van der Waals surface area (Å²) in [7, 11) is -3.99. The molecule has 6 nitrogen and oxygen atoms in total. The number of para-hydroxylation sites is 1. The maximum absolute atomic E-state index is 13.7. The van der Waals surface area contributed by atoms with E-state index in [2.05, 4.69) is 9.71 Å². The van der Waals surface area contributed by atoms with Gasteiger partial charge >= 0.3 is 0 Å². The number of rotatable bonds is 6. The molecule has 8 heteroatoms. The lowest BCUT2D eigenvalue weighted by molar-refractivity contribution is -0.126. The fourth-order valence-corrected chi connectivity index (χ4v) is 4.85. The standard InChI is InChI=1S/C23H26FN3O3S/c1-22(2,14-25-21(28)23(3)11-12-23)15-27(17-7-5-4-6-8-17)20-18-10-9-16(24)13-19(18)31(29,30)26-20/h4-10,13H,11-12,14-15H2,1-3H3,(H,25,28). The highest BCUT2D eigenvalue weighted by atomic mass is 32.2. The van der Waals surface area contributed by atoms with Crippen molar-refractivity contribution in [3.63, 3.8) is 0 Å². The number of amidine groups is 1. The maximum atomic E-state index is 13.7. The highest BCUT2D eigenvalue weighted by Crippen LogP contribution is 2.45. The fourth-order valence-electron chi connectivity index (χ4n) is 3.63. The van der Waals surface area contributed by atoms with E-state index in [4.69, 9.17) is 0 Å². The first-order valence-corrected chi connectivity index (χ1v) is 11.7. The van der Waals surface area contributed by atoms with Gasteiger partial charge in [0.15, 0.2) is 5.84 Å². The molecule has 31 heavy (non-hydrogen) atoms. The number of halogens is 1. The van der Waals surface area contributed by atoms with Crippen LogP contribution in [-0.4, -0.2) is 33.3 Å². The molecule has 0 bridgehead atoms. The zero-order valence-corrected chi connectivity index (χ0v) is 18.7. The van der Waals surface area contributed by atoms with Gasteiger partial charge in [0.2, 0.25) is 5.91 Å². The molecule has 1 aliphatic heterocycles. The van der Waals surface area contributed by atoms with Crippen molar-refractivity contribution in [1.82, 2.24) is 5.32 Å². The summed E-state index contributed by atoms with van der Waals surface area (Å²) < 4.78 is 43.0. The van der Waals surface area contributed by atoms with Crippen molar-refractivity contribution < 1.29 is 17.6 Å². The Hall–Kier alpha value is -2.74. The molecule has 0 unspecified atom stereocenters. The fraction of sp³-hybridized carbons (Fsp3) is 0.391. The number of benzene rings is 2. The van der Waals surface area contributed by atoms with Crippen molar-refractivity contribution in [3.8, 4) is 0 Å². The SMILES string of the molecule is CC(C)(CNC(=O)C1(C)CC1)CN(C1=NS(=O)(=O)c2cc(F)ccc21)c1ccccc1. The van der Waals surface area contributed by atoms with Crippen LogP contribution in [0.2, 0.25) is 0 Å². The minimum Gasteiger partial charge on any atom is -0.355 e. The van der Waals surface area contributed by atoms with Gasteiger partial charge in [-0.15, -0.1) is 4.40 Å². The van der Waals surface area contributed by atoms with E-state index in [0.29, 0.717) is 18.7 Å². The number of sulfonamides is 1. The van der Waals surface area contributed by atoms with Gasteiger partial charge in [0, 0.05) is 35.2 Å². The Bertz CT molecular complexity index is 1160. The predicted octanol–water partition coefficient (Wildman–Crippen LogP) is 3.72. The normalized spacial score (nSPS) is 18.1. The number of nitrogens with zero attached hydrogens (tertiary/aromatic N) is 2. The van der Waals surface area contributed by atoms with Crippen LogP contribution in [0.25, 0.3) is 0 Å². The first-order valence-electron chi connectivity index (χ1n) is 10.3. The Morgan fingerprint density at radius 1 is 1.19 bits per heavy atom. The van der Waals surface area contributed by atoms with Gasteiger partial charge in [-0.2, -0.15) is 8.42 Å². The molecule has 4 rings (SSSR count). The summed E-state index contributed by atoms with van der Waals surface area (Å²) in [6.07, 6.45) is 1.80. The highest BCUT2D eigenvalue weighted by Gasteiger charge is 2.45. The Balaban J connectivity index is 1.66. The van der Waals surface area contributed by atoms with Gasteiger partial charge in [-0.25, -0.2) is 4.39 Å². The number of amides is 1. The zero-order valence-electron chi connectivity index (χ0n) is 17.9. The van der Waals surface area contributed by atoms with Crippen molar-refractivity contribution in [2.45, 2.75) is 38.5 Å². The summed E-state index contributed by atoms with van der Waals surface area (Å²) in [6, 6.07) is 13.0. The number of anilines is 1. The maximum Gasteiger partial charge on any atom is 0.285 e. The van der Waals surface area contributed by atoms with Gasteiger partial charge in [-0.3, -0.25) is 4.79 Å². The van der Waals surface area contributed by atoms with E-state index in [1.54, 1.807) is 0 Å². The summed E-state index contributed by atoms with van der Waals surface area (Å²) >= 11 is 0. The molecule has 1 heterocycles. The molecule has 0 aromatic heterocycles. The lowest BCUT2D eigenvalue weighted by atomic mass is 9.91. The number of carbonyl (C=O) groups excluding carboxylic acids is 1. The van der Waals surface area contributed by atoms with Gasteiger partial charge in [0.1, 0.15) is 10.7 Å². The predicted molar refractivity (Wildman–Crippen MR) is 118 cm³/mol. The molecule has 2 aromatic carbocycles. The quantitative estimate of drug-likeness (QED) is 0.738.